The average molecular weight is 775 g/mol. The van der Waals surface area contributed by atoms with Gasteiger partial charge in [-0.3, -0.25) is 14.4 Å². The van der Waals surface area contributed by atoms with Gasteiger partial charge in [0.05, 0.1) is 0 Å². The molecule has 6 nitrogen and oxygen atoms in total. The van der Waals surface area contributed by atoms with Crippen LogP contribution in [0.2, 0.25) is 0 Å². The van der Waals surface area contributed by atoms with Crippen molar-refractivity contribution in [3.63, 3.8) is 0 Å². The van der Waals surface area contributed by atoms with Gasteiger partial charge in [-0.1, -0.05) is 186 Å². The van der Waals surface area contributed by atoms with Crippen molar-refractivity contribution in [2.45, 2.75) is 258 Å². The third-order valence-corrected chi connectivity index (χ3v) is 10.4. The minimum Gasteiger partial charge on any atom is -0.462 e. The molecule has 0 aliphatic rings. The largest absolute Gasteiger partial charge is 0.462 e. The van der Waals surface area contributed by atoms with Gasteiger partial charge in [-0.25, -0.2) is 0 Å². The summed E-state index contributed by atoms with van der Waals surface area (Å²) in [7, 11) is 0. The van der Waals surface area contributed by atoms with E-state index in [0.717, 1.165) is 70.6 Å². The summed E-state index contributed by atoms with van der Waals surface area (Å²) in [6.45, 7) is 6.58. The van der Waals surface area contributed by atoms with Crippen LogP contribution in [0.4, 0.5) is 0 Å². The second kappa shape index (κ2) is 44.6. The Bertz CT molecular complexity index is 840. The highest BCUT2D eigenvalue weighted by Gasteiger charge is 2.19. The Morgan fingerprint density at radius 2 is 0.600 bits per heavy atom. The Labute approximate surface area is 341 Å². The van der Waals surface area contributed by atoms with Crippen molar-refractivity contribution >= 4 is 17.9 Å². The molecular weight excluding hydrogens is 685 g/mol. The lowest BCUT2D eigenvalue weighted by molar-refractivity contribution is -0.167. The maximum absolute atomic E-state index is 12.6. The molecule has 55 heavy (non-hydrogen) atoms. The van der Waals surface area contributed by atoms with Crippen LogP contribution < -0.4 is 0 Å². The van der Waals surface area contributed by atoms with E-state index >= 15 is 0 Å². The lowest BCUT2D eigenvalue weighted by atomic mass is 10.1. The van der Waals surface area contributed by atoms with Gasteiger partial charge in [-0.2, -0.15) is 0 Å². The molecule has 0 saturated heterocycles. The van der Waals surface area contributed by atoms with Crippen LogP contribution in [0.5, 0.6) is 0 Å². The molecule has 0 rings (SSSR count). The van der Waals surface area contributed by atoms with Crippen molar-refractivity contribution in [1.29, 1.82) is 0 Å². The zero-order valence-electron chi connectivity index (χ0n) is 36.7. The van der Waals surface area contributed by atoms with E-state index in [4.69, 9.17) is 14.2 Å². The Morgan fingerprint density at radius 3 is 0.909 bits per heavy atom. The summed E-state index contributed by atoms with van der Waals surface area (Å²) in [5.74, 6) is -0.893. The summed E-state index contributed by atoms with van der Waals surface area (Å²) in [5, 5.41) is 0. The SMILES string of the molecule is CCCCCCCC/C=C/CCCCCCCC(=O)OCC(COC(=O)CCCCCCC/C=C/CCCCCCCC)OC(=O)CCCCCCCCC. The van der Waals surface area contributed by atoms with Gasteiger partial charge in [-0.15, -0.1) is 0 Å². The smallest absolute Gasteiger partial charge is 0.306 e. The first-order chi connectivity index (χ1) is 27.0. The number of hydrogen-bond donors (Lipinski definition) is 0. The third kappa shape index (κ3) is 42.9. The molecule has 0 bridgehead atoms. The number of carbonyl (C=O) groups is 3. The molecular formula is C49H90O6. The minimum atomic E-state index is -0.770. The second-order valence-corrected chi connectivity index (χ2v) is 16.0. The number of allylic oxidation sites excluding steroid dienone is 4. The van der Waals surface area contributed by atoms with E-state index in [0.29, 0.717) is 19.3 Å². The zero-order chi connectivity index (χ0) is 40.1. The lowest BCUT2D eigenvalue weighted by Crippen LogP contribution is -2.30. The topological polar surface area (TPSA) is 78.9 Å². The summed E-state index contributed by atoms with van der Waals surface area (Å²) in [6, 6.07) is 0. The van der Waals surface area contributed by atoms with Crippen molar-refractivity contribution in [1.82, 2.24) is 0 Å². The molecule has 0 unspecified atom stereocenters. The standard InChI is InChI=1S/C49H90O6/c1-4-7-10-13-16-18-20-22-24-26-28-30-33-35-38-41-47(50)53-44-46(55-49(52)43-40-37-32-15-12-9-6-3)45-54-48(51)42-39-36-34-31-29-27-25-23-21-19-17-14-11-8-5-2/h22-25,46H,4-21,26-45H2,1-3H3/b24-22+,25-23+. The number of unbranched alkanes of at least 4 members (excludes halogenated alkanes) is 28. The second-order valence-electron chi connectivity index (χ2n) is 16.0. The van der Waals surface area contributed by atoms with Gasteiger partial charge in [0.15, 0.2) is 6.10 Å². The number of rotatable bonds is 43. The molecule has 0 fully saturated rings. The Balaban J connectivity index is 4.26. The van der Waals surface area contributed by atoms with Gasteiger partial charge in [0, 0.05) is 19.3 Å². The van der Waals surface area contributed by atoms with Crippen molar-refractivity contribution < 1.29 is 28.6 Å². The first-order valence-electron chi connectivity index (χ1n) is 23.8. The molecule has 0 atom stereocenters. The number of carbonyl (C=O) groups excluding carboxylic acids is 3. The molecule has 6 heteroatoms. The van der Waals surface area contributed by atoms with Crippen molar-refractivity contribution in [2.75, 3.05) is 13.2 Å². The van der Waals surface area contributed by atoms with Crippen LogP contribution in [-0.4, -0.2) is 37.2 Å². The molecule has 0 aromatic carbocycles. The molecule has 0 heterocycles. The predicted octanol–water partition coefficient (Wildman–Crippen LogP) is 15.2. The summed E-state index contributed by atoms with van der Waals surface area (Å²) < 4.78 is 16.7. The molecule has 0 aromatic heterocycles. The molecule has 322 valence electrons. The quantitative estimate of drug-likeness (QED) is 0.0266. The summed E-state index contributed by atoms with van der Waals surface area (Å²) in [5.41, 5.74) is 0. The highest BCUT2D eigenvalue weighted by atomic mass is 16.6. The molecule has 0 aliphatic heterocycles. The minimum absolute atomic E-state index is 0.0760. The maximum atomic E-state index is 12.6. The molecule has 0 aromatic rings. The van der Waals surface area contributed by atoms with E-state index < -0.39 is 6.10 Å². The first-order valence-corrected chi connectivity index (χ1v) is 23.8. The third-order valence-electron chi connectivity index (χ3n) is 10.4. The number of hydrogen-bond acceptors (Lipinski definition) is 6. The van der Waals surface area contributed by atoms with Gasteiger partial charge >= 0.3 is 17.9 Å². The molecule has 0 aliphatic carbocycles. The fourth-order valence-electron chi connectivity index (χ4n) is 6.78. The van der Waals surface area contributed by atoms with E-state index in [-0.39, 0.29) is 31.1 Å². The van der Waals surface area contributed by atoms with Crippen LogP contribution in [0.25, 0.3) is 0 Å². The molecule has 0 saturated carbocycles. The lowest BCUT2D eigenvalue weighted by Gasteiger charge is -2.18. The highest BCUT2D eigenvalue weighted by molar-refractivity contribution is 5.71. The number of ether oxygens (including phenoxy) is 3. The van der Waals surface area contributed by atoms with E-state index in [1.165, 1.54) is 141 Å². The van der Waals surface area contributed by atoms with Crippen LogP contribution in [0.3, 0.4) is 0 Å². The molecule has 0 radical (unpaired) electrons. The van der Waals surface area contributed by atoms with Crippen LogP contribution in [0.1, 0.15) is 252 Å². The zero-order valence-corrected chi connectivity index (χ0v) is 36.7. The van der Waals surface area contributed by atoms with Crippen LogP contribution in [0, 0.1) is 0 Å². The van der Waals surface area contributed by atoms with Crippen molar-refractivity contribution in [3.8, 4) is 0 Å². The summed E-state index contributed by atoms with van der Waals surface area (Å²) in [4.78, 5) is 37.6. The number of esters is 3. The normalized spacial score (nSPS) is 11.6. The van der Waals surface area contributed by atoms with E-state index in [2.05, 4.69) is 45.1 Å². The Hall–Kier alpha value is -2.11. The fraction of sp³-hybridized carbons (Fsp3) is 0.857. The van der Waals surface area contributed by atoms with Crippen molar-refractivity contribution in [2.24, 2.45) is 0 Å². The predicted molar refractivity (Wildman–Crippen MR) is 233 cm³/mol. The summed E-state index contributed by atoms with van der Waals surface area (Å²) >= 11 is 0. The van der Waals surface area contributed by atoms with Gasteiger partial charge < -0.3 is 14.2 Å². The van der Waals surface area contributed by atoms with Gasteiger partial charge in [-0.05, 0) is 70.6 Å². The van der Waals surface area contributed by atoms with E-state index in [9.17, 15) is 14.4 Å². The van der Waals surface area contributed by atoms with E-state index in [1.807, 2.05) is 0 Å². The average Bonchev–Trinajstić information content (AvgIpc) is 3.18. The van der Waals surface area contributed by atoms with Gasteiger partial charge in [0.2, 0.25) is 0 Å². The van der Waals surface area contributed by atoms with Gasteiger partial charge in [0.25, 0.3) is 0 Å². The molecule has 0 amide bonds. The Morgan fingerprint density at radius 1 is 0.345 bits per heavy atom. The first kappa shape index (κ1) is 52.9. The fourth-order valence-corrected chi connectivity index (χ4v) is 6.78. The maximum Gasteiger partial charge on any atom is 0.306 e. The molecule has 0 spiro atoms. The van der Waals surface area contributed by atoms with Crippen LogP contribution in [0.15, 0.2) is 24.3 Å². The highest BCUT2D eigenvalue weighted by Crippen LogP contribution is 2.14. The van der Waals surface area contributed by atoms with Crippen LogP contribution >= 0.6 is 0 Å². The van der Waals surface area contributed by atoms with Gasteiger partial charge in [0.1, 0.15) is 13.2 Å². The van der Waals surface area contributed by atoms with Crippen molar-refractivity contribution in [3.05, 3.63) is 24.3 Å². The van der Waals surface area contributed by atoms with Crippen LogP contribution in [-0.2, 0) is 28.6 Å². The molecule has 0 N–H and O–H groups in total. The summed E-state index contributed by atoms with van der Waals surface area (Å²) in [6.07, 6.45) is 48.8. The Kier molecular flexibility index (Phi) is 42.9. The monoisotopic (exact) mass is 775 g/mol. The van der Waals surface area contributed by atoms with E-state index in [1.54, 1.807) is 0 Å².